The lowest BCUT2D eigenvalue weighted by Gasteiger charge is -2.20. The number of nitrogens with one attached hydrogen (secondary N) is 1. The normalized spacial score (nSPS) is 15.1. The van der Waals surface area contributed by atoms with Crippen molar-refractivity contribution in [3.63, 3.8) is 0 Å². The molecule has 21 heavy (non-hydrogen) atoms. The van der Waals surface area contributed by atoms with Gasteiger partial charge in [0.15, 0.2) is 5.82 Å². The molecule has 114 valence electrons. The van der Waals surface area contributed by atoms with Crippen LogP contribution in [0.5, 0.6) is 0 Å². The third-order valence-electron chi connectivity index (χ3n) is 4.13. The van der Waals surface area contributed by atoms with Gasteiger partial charge in [0.2, 0.25) is 0 Å². The zero-order chi connectivity index (χ0) is 15.0. The van der Waals surface area contributed by atoms with Crippen LogP contribution in [0.3, 0.4) is 0 Å². The smallest absolute Gasteiger partial charge is 0.152 e. The monoisotopic (exact) mass is 305 g/mol. The lowest BCUT2D eigenvalue weighted by molar-refractivity contribution is 0.249. The summed E-state index contributed by atoms with van der Waals surface area (Å²) < 4.78 is 0. The first-order valence-electron chi connectivity index (χ1n) is 7.61. The molecule has 1 saturated carbocycles. The first-order valence-corrected chi connectivity index (χ1v) is 8.43. The predicted molar refractivity (Wildman–Crippen MR) is 88.4 cm³/mol. The van der Waals surface area contributed by atoms with E-state index in [2.05, 4.69) is 36.1 Å². The number of rotatable bonds is 6. The van der Waals surface area contributed by atoms with Crippen LogP contribution in [0.4, 0.5) is 5.82 Å². The minimum absolute atomic E-state index is 0.727. The van der Waals surface area contributed by atoms with Gasteiger partial charge in [-0.25, -0.2) is 15.8 Å². The van der Waals surface area contributed by atoms with Crippen LogP contribution in [0.2, 0.25) is 0 Å². The summed E-state index contributed by atoms with van der Waals surface area (Å²) in [4.78, 5) is 14.2. The molecule has 6 heteroatoms. The highest BCUT2D eigenvalue weighted by atomic mass is 32.1. The number of fused-ring (bicyclic) bond motifs is 1. The first kappa shape index (κ1) is 14.7. The van der Waals surface area contributed by atoms with Crippen LogP contribution >= 0.6 is 11.3 Å². The van der Waals surface area contributed by atoms with Crippen molar-refractivity contribution in [1.82, 2.24) is 14.9 Å². The second kappa shape index (κ2) is 5.87. The molecule has 1 aliphatic rings. The van der Waals surface area contributed by atoms with E-state index < -0.39 is 0 Å². The van der Waals surface area contributed by atoms with E-state index in [1.807, 2.05) is 0 Å². The van der Waals surface area contributed by atoms with Gasteiger partial charge >= 0.3 is 0 Å². The summed E-state index contributed by atoms with van der Waals surface area (Å²) in [6.45, 7) is 8.37. The number of aryl methyl sites for hydroxylation is 2. The van der Waals surface area contributed by atoms with E-state index in [-0.39, 0.29) is 0 Å². The Balaban J connectivity index is 1.95. The molecule has 0 aromatic carbocycles. The molecule has 0 bridgehead atoms. The molecule has 1 aliphatic carbocycles. The number of aromatic nitrogens is 2. The van der Waals surface area contributed by atoms with Gasteiger partial charge in [0.1, 0.15) is 10.7 Å². The standard InChI is InChI=1S/C15H23N5S/c1-4-7-20(11-5-6-11)8-12-17-14(19-16)13-9(2)10(3)21-15(13)18-12/h11H,4-8,16H2,1-3H3,(H,17,18,19). The SMILES string of the molecule is CCCN(Cc1nc(NN)c2c(C)c(C)sc2n1)C1CC1. The first-order chi connectivity index (χ1) is 10.1. The van der Waals surface area contributed by atoms with Crippen LogP contribution in [-0.2, 0) is 6.54 Å². The molecule has 2 aromatic rings. The van der Waals surface area contributed by atoms with Crippen molar-refractivity contribution < 1.29 is 0 Å². The van der Waals surface area contributed by atoms with Gasteiger partial charge in [-0.05, 0) is 45.2 Å². The van der Waals surface area contributed by atoms with Crippen molar-refractivity contribution in [2.24, 2.45) is 5.84 Å². The van der Waals surface area contributed by atoms with Gasteiger partial charge in [0.25, 0.3) is 0 Å². The van der Waals surface area contributed by atoms with Crippen molar-refractivity contribution in [2.45, 2.75) is 52.6 Å². The topological polar surface area (TPSA) is 67.1 Å². The summed E-state index contributed by atoms with van der Waals surface area (Å²) in [5, 5.41) is 1.07. The maximum atomic E-state index is 5.68. The minimum atomic E-state index is 0.727. The molecule has 2 heterocycles. The molecule has 0 amide bonds. The minimum Gasteiger partial charge on any atom is -0.308 e. The fourth-order valence-electron chi connectivity index (χ4n) is 2.77. The molecule has 0 atom stereocenters. The number of nitrogen functional groups attached to an aromatic ring is 1. The van der Waals surface area contributed by atoms with Crippen molar-refractivity contribution >= 4 is 27.4 Å². The van der Waals surface area contributed by atoms with Gasteiger partial charge in [0, 0.05) is 10.9 Å². The highest BCUT2D eigenvalue weighted by Crippen LogP contribution is 2.34. The largest absolute Gasteiger partial charge is 0.308 e. The van der Waals surface area contributed by atoms with Gasteiger partial charge in [-0.15, -0.1) is 11.3 Å². The van der Waals surface area contributed by atoms with E-state index in [1.165, 1.54) is 23.3 Å². The van der Waals surface area contributed by atoms with Gasteiger partial charge < -0.3 is 5.43 Å². The van der Waals surface area contributed by atoms with E-state index >= 15 is 0 Å². The van der Waals surface area contributed by atoms with Crippen LogP contribution in [-0.4, -0.2) is 27.5 Å². The lowest BCUT2D eigenvalue weighted by atomic mass is 10.2. The molecule has 0 unspecified atom stereocenters. The van der Waals surface area contributed by atoms with Crippen molar-refractivity contribution in [1.29, 1.82) is 0 Å². The molecule has 0 saturated heterocycles. The quantitative estimate of drug-likeness (QED) is 0.634. The van der Waals surface area contributed by atoms with Crippen molar-refractivity contribution in [3.8, 4) is 0 Å². The highest BCUT2D eigenvalue weighted by molar-refractivity contribution is 7.18. The highest BCUT2D eigenvalue weighted by Gasteiger charge is 2.29. The Morgan fingerprint density at radius 3 is 2.71 bits per heavy atom. The van der Waals surface area contributed by atoms with Crippen LogP contribution in [0, 0.1) is 13.8 Å². The number of thiophene rings is 1. The Bertz CT molecular complexity index is 647. The molecule has 2 aromatic heterocycles. The second-order valence-electron chi connectivity index (χ2n) is 5.80. The Kier molecular flexibility index (Phi) is 4.10. The molecule has 3 rings (SSSR count). The molecule has 5 nitrogen and oxygen atoms in total. The summed E-state index contributed by atoms with van der Waals surface area (Å²) in [7, 11) is 0. The number of hydrogen-bond donors (Lipinski definition) is 2. The van der Waals surface area contributed by atoms with Gasteiger partial charge in [-0.1, -0.05) is 6.92 Å². The number of hydrazine groups is 1. The predicted octanol–water partition coefficient (Wildman–Crippen LogP) is 2.97. The van der Waals surface area contributed by atoms with Crippen LogP contribution < -0.4 is 11.3 Å². The number of nitrogens with zero attached hydrogens (tertiary/aromatic N) is 3. The Labute approximate surface area is 129 Å². The lowest BCUT2D eigenvalue weighted by Crippen LogP contribution is -2.27. The van der Waals surface area contributed by atoms with Crippen molar-refractivity contribution in [2.75, 3.05) is 12.0 Å². The summed E-state index contributed by atoms with van der Waals surface area (Å²) in [6.07, 6.45) is 3.78. The molecule has 3 N–H and O–H groups in total. The summed E-state index contributed by atoms with van der Waals surface area (Å²) in [5.74, 6) is 7.30. The fourth-order valence-corrected chi connectivity index (χ4v) is 3.82. The summed E-state index contributed by atoms with van der Waals surface area (Å²) in [5.41, 5.74) is 3.98. The van der Waals surface area contributed by atoms with E-state index in [1.54, 1.807) is 11.3 Å². The fraction of sp³-hybridized carbons (Fsp3) is 0.600. The Morgan fingerprint density at radius 2 is 2.10 bits per heavy atom. The van der Waals surface area contributed by atoms with Gasteiger partial charge in [-0.2, -0.15) is 0 Å². The molecule has 0 aliphatic heterocycles. The third kappa shape index (κ3) is 2.88. The number of nitrogens with two attached hydrogens (primary N) is 1. The van der Waals surface area contributed by atoms with Crippen molar-refractivity contribution in [3.05, 3.63) is 16.3 Å². The van der Waals surface area contributed by atoms with E-state index in [4.69, 9.17) is 10.8 Å². The molecular weight excluding hydrogens is 282 g/mol. The summed E-state index contributed by atoms with van der Waals surface area (Å²) in [6, 6.07) is 0.727. The van der Waals surface area contributed by atoms with Gasteiger partial charge in [-0.3, -0.25) is 4.90 Å². The van der Waals surface area contributed by atoms with E-state index in [9.17, 15) is 0 Å². The van der Waals surface area contributed by atoms with E-state index in [0.717, 1.165) is 47.4 Å². The molecular formula is C15H23N5S. The van der Waals surface area contributed by atoms with Crippen LogP contribution in [0.15, 0.2) is 0 Å². The maximum Gasteiger partial charge on any atom is 0.152 e. The molecule has 0 spiro atoms. The van der Waals surface area contributed by atoms with Crippen LogP contribution in [0.25, 0.3) is 10.2 Å². The number of anilines is 1. The Hall–Kier alpha value is -1.24. The zero-order valence-electron chi connectivity index (χ0n) is 12.9. The zero-order valence-corrected chi connectivity index (χ0v) is 13.8. The number of hydrogen-bond acceptors (Lipinski definition) is 6. The molecule has 0 radical (unpaired) electrons. The van der Waals surface area contributed by atoms with E-state index in [0.29, 0.717) is 0 Å². The van der Waals surface area contributed by atoms with Gasteiger partial charge in [0.05, 0.1) is 11.9 Å². The summed E-state index contributed by atoms with van der Waals surface area (Å²) >= 11 is 1.72. The average Bonchev–Trinajstić information content (AvgIpc) is 3.26. The molecule has 1 fully saturated rings. The Morgan fingerprint density at radius 1 is 1.33 bits per heavy atom. The van der Waals surface area contributed by atoms with Crippen LogP contribution in [0.1, 0.15) is 42.5 Å². The maximum absolute atomic E-state index is 5.68. The average molecular weight is 305 g/mol. The second-order valence-corrected chi connectivity index (χ2v) is 7.00. The third-order valence-corrected chi connectivity index (χ3v) is 5.23.